The van der Waals surface area contributed by atoms with Crippen LogP contribution in [-0.4, -0.2) is 27.2 Å². The van der Waals surface area contributed by atoms with Crippen LogP contribution in [0.4, 0.5) is 5.69 Å². The van der Waals surface area contributed by atoms with Crippen molar-refractivity contribution in [3.63, 3.8) is 0 Å². The molecule has 0 aliphatic heterocycles. The third-order valence-electron chi connectivity index (χ3n) is 5.09. The Kier molecular flexibility index (Phi) is 8.15. The lowest BCUT2D eigenvalue weighted by molar-refractivity contribution is -0.123. The average Bonchev–Trinajstić information content (AvgIpc) is 2.77. The van der Waals surface area contributed by atoms with Gasteiger partial charge in [-0.2, -0.15) is 0 Å². The van der Waals surface area contributed by atoms with E-state index in [-0.39, 0.29) is 25.1 Å². The molecular weight excluding hydrogens is 504 g/mol. The Morgan fingerprint density at radius 1 is 1.00 bits per heavy atom. The van der Waals surface area contributed by atoms with Crippen LogP contribution in [0.25, 0.3) is 0 Å². The van der Waals surface area contributed by atoms with Gasteiger partial charge in [-0.25, -0.2) is 8.42 Å². The minimum absolute atomic E-state index is 0.140. The zero-order valence-electron chi connectivity index (χ0n) is 18.8. The minimum atomic E-state index is -3.48. The fraction of sp³-hybridized carbons (Fsp3) is 0.240. The van der Waals surface area contributed by atoms with Crippen LogP contribution >= 0.6 is 15.9 Å². The van der Waals surface area contributed by atoms with Gasteiger partial charge in [0.2, 0.25) is 10.0 Å². The standard InChI is InChI=1S/C25H27BrN2O4S/c1-18-4-6-20(7-5-18)16-28(33(3,30)31)23-12-14-24(15-13-23)32-17-25(29)27-19(2)21-8-10-22(26)11-9-21/h4-15,19H,16-17H2,1-3H3,(H,27,29)/t19-/m0/s1. The quantitative estimate of drug-likeness (QED) is 0.423. The molecule has 33 heavy (non-hydrogen) atoms. The first-order chi connectivity index (χ1) is 15.6. The lowest BCUT2D eigenvalue weighted by atomic mass is 10.1. The van der Waals surface area contributed by atoms with Crippen molar-refractivity contribution in [2.24, 2.45) is 0 Å². The van der Waals surface area contributed by atoms with E-state index >= 15 is 0 Å². The minimum Gasteiger partial charge on any atom is -0.484 e. The molecular formula is C25H27BrN2O4S. The van der Waals surface area contributed by atoms with Crippen LogP contribution in [-0.2, 0) is 21.4 Å². The van der Waals surface area contributed by atoms with Crippen molar-refractivity contribution < 1.29 is 17.9 Å². The van der Waals surface area contributed by atoms with Crippen molar-refractivity contribution >= 4 is 37.5 Å². The first-order valence-corrected chi connectivity index (χ1v) is 13.1. The molecule has 3 rings (SSSR count). The molecule has 174 valence electrons. The molecule has 0 bridgehead atoms. The van der Waals surface area contributed by atoms with Gasteiger partial charge >= 0.3 is 0 Å². The number of halogens is 1. The highest BCUT2D eigenvalue weighted by molar-refractivity contribution is 9.10. The zero-order chi connectivity index (χ0) is 24.0. The van der Waals surface area contributed by atoms with Crippen LogP contribution < -0.4 is 14.4 Å². The molecule has 0 fully saturated rings. The Bertz CT molecular complexity index is 1180. The zero-order valence-corrected chi connectivity index (χ0v) is 21.2. The average molecular weight is 531 g/mol. The second-order valence-electron chi connectivity index (χ2n) is 7.88. The fourth-order valence-corrected chi connectivity index (χ4v) is 4.39. The Morgan fingerprint density at radius 3 is 2.18 bits per heavy atom. The predicted molar refractivity (Wildman–Crippen MR) is 135 cm³/mol. The summed E-state index contributed by atoms with van der Waals surface area (Å²) in [4.78, 5) is 12.3. The lowest BCUT2D eigenvalue weighted by Crippen LogP contribution is -2.31. The van der Waals surface area contributed by atoms with Crippen molar-refractivity contribution in [3.05, 3.63) is 94.0 Å². The maximum absolute atomic E-state index is 12.4. The molecule has 6 nitrogen and oxygen atoms in total. The lowest BCUT2D eigenvalue weighted by Gasteiger charge is -2.23. The van der Waals surface area contributed by atoms with Gasteiger partial charge in [-0.05, 0) is 61.4 Å². The van der Waals surface area contributed by atoms with Gasteiger partial charge in [0, 0.05) is 4.47 Å². The summed E-state index contributed by atoms with van der Waals surface area (Å²) in [5.74, 6) is 0.237. The maximum Gasteiger partial charge on any atom is 0.258 e. The summed E-state index contributed by atoms with van der Waals surface area (Å²) in [7, 11) is -3.48. The number of benzene rings is 3. The van der Waals surface area contributed by atoms with E-state index in [1.165, 1.54) is 10.6 Å². The van der Waals surface area contributed by atoms with E-state index < -0.39 is 10.0 Å². The summed E-state index contributed by atoms with van der Waals surface area (Å²) in [5.41, 5.74) is 3.52. The largest absolute Gasteiger partial charge is 0.484 e. The van der Waals surface area contributed by atoms with Crippen LogP contribution in [0.2, 0.25) is 0 Å². The fourth-order valence-electron chi connectivity index (χ4n) is 3.23. The smallest absolute Gasteiger partial charge is 0.258 e. The van der Waals surface area contributed by atoms with Crippen molar-refractivity contribution in [3.8, 4) is 5.75 Å². The molecule has 0 aliphatic carbocycles. The van der Waals surface area contributed by atoms with Crippen molar-refractivity contribution in [1.82, 2.24) is 5.32 Å². The molecule has 1 atom stereocenters. The van der Waals surface area contributed by atoms with E-state index in [0.717, 1.165) is 21.2 Å². The van der Waals surface area contributed by atoms with Gasteiger partial charge in [0.05, 0.1) is 24.5 Å². The van der Waals surface area contributed by atoms with Crippen molar-refractivity contribution in [2.75, 3.05) is 17.2 Å². The van der Waals surface area contributed by atoms with Gasteiger partial charge in [-0.3, -0.25) is 9.10 Å². The number of rotatable bonds is 9. The number of nitrogens with one attached hydrogen (secondary N) is 1. The molecule has 3 aromatic carbocycles. The third-order valence-corrected chi connectivity index (χ3v) is 6.76. The van der Waals surface area contributed by atoms with Crippen LogP contribution in [0, 0.1) is 6.92 Å². The van der Waals surface area contributed by atoms with E-state index in [2.05, 4.69) is 21.2 Å². The van der Waals surface area contributed by atoms with Gasteiger partial charge < -0.3 is 10.1 Å². The summed E-state index contributed by atoms with van der Waals surface area (Å²) >= 11 is 3.40. The molecule has 0 unspecified atom stereocenters. The molecule has 0 saturated heterocycles. The second kappa shape index (κ2) is 10.9. The molecule has 1 amide bonds. The molecule has 0 aromatic heterocycles. The number of hydrogen-bond acceptors (Lipinski definition) is 4. The molecule has 8 heteroatoms. The number of sulfonamides is 1. The Balaban J connectivity index is 1.60. The highest BCUT2D eigenvalue weighted by Crippen LogP contribution is 2.24. The van der Waals surface area contributed by atoms with Gasteiger partial charge in [0.25, 0.3) is 5.91 Å². The Hall–Kier alpha value is -2.84. The van der Waals surface area contributed by atoms with Crippen LogP contribution in [0.15, 0.2) is 77.3 Å². The number of carbonyl (C=O) groups is 1. The maximum atomic E-state index is 12.4. The van der Waals surface area contributed by atoms with E-state index in [4.69, 9.17) is 4.74 Å². The molecule has 0 spiro atoms. The van der Waals surface area contributed by atoms with Gasteiger partial charge in [0.1, 0.15) is 5.75 Å². The predicted octanol–water partition coefficient (Wildman–Crippen LogP) is 4.98. The molecule has 0 saturated carbocycles. The summed E-state index contributed by atoms with van der Waals surface area (Å²) < 4.78 is 32.7. The van der Waals surface area contributed by atoms with Gasteiger partial charge in [-0.15, -0.1) is 0 Å². The van der Waals surface area contributed by atoms with Crippen LogP contribution in [0.5, 0.6) is 5.75 Å². The van der Waals surface area contributed by atoms with Crippen molar-refractivity contribution in [2.45, 2.75) is 26.4 Å². The number of anilines is 1. The Labute approximate surface area is 203 Å². The number of aryl methyl sites for hydroxylation is 1. The van der Waals surface area contributed by atoms with Gasteiger partial charge in [-0.1, -0.05) is 57.9 Å². The number of ether oxygens (including phenoxy) is 1. The van der Waals surface area contributed by atoms with E-state index in [1.54, 1.807) is 24.3 Å². The number of carbonyl (C=O) groups excluding carboxylic acids is 1. The monoisotopic (exact) mass is 530 g/mol. The molecule has 0 radical (unpaired) electrons. The normalized spacial score (nSPS) is 12.1. The number of amides is 1. The van der Waals surface area contributed by atoms with Crippen LogP contribution in [0.1, 0.15) is 29.7 Å². The number of nitrogens with zero attached hydrogens (tertiary/aromatic N) is 1. The third kappa shape index (κ3) is 7.33. The topological polar surface area (TPSA) is 75.7 Å². The van der Waals surface area contributed by atoms with Gasteiger partial charge in [0.15, 0.2) is 6.61 Å². The molecule has 0 aliphatic rings. The molecule has 1 N–H and O–H groups in total. The summed E-state index contributed by atoms with van der Waals surface area (Å²) in [5, 5.41) is 2.90. The highest BCUT2D eigenvalue weighted by atomic mass is 79.9. The van der Waals surface area contributed by atoms with E-state index in [9.17, 15) is 13.2 Å². The van der Waals surface area contributed by atoms with E-state index in [1.807, 2.05) is 62.4 Å². The SMILES string of the molecule is Cc1ccc(CN(c2ccc(OCC(=O)N[C@@H](C)c3ccc(Br)cc3)cc2)S(C)(=O)=O)cc1. The van der Waals surface area contributed by atoms with Crippen LogP contribution in [0.3, 0.4) is 0 Å². The molecule has 0 heterocycles. The highest BCUT2D eigenvalue weighted by Gasteiger charge is 2.18. The summed E-state index contributed by atoms with van der Waals surface area (Å²) in [6.07, 6.45) is 1.18. The Morgan fingerprint density at radius 2 is 1.61 bits per heavy atom. The first-order valence-electron chi connectivity index (χ1n) is 10.4. The first kappa shape index (κ1) is 24.8. The number of hydrogen-bond donors (Lipinski definition) is 1. The summed E-state index contributed by atoms with van der Waals surface area (Å²) in [6.45, 7) is 3.98. The molecule has 3 aromatic rings. The van der Waals surface area contributed by atoms with E-state index in [0.29, 0.717) is 11.4 Å². The van der Waals surface area contributed by atoms with Crippen molar-refractivity contribution in [1.29, 1.82) is 0 Å². The summed E-state index contributed by atoms with van der Waals surface area (Å²) in [6, 6.07) is 22.0. The second-order valence-corrected chi connectivity index (χ2v) is 10.7.